The molecule has 0 bridgehead atoms. The number of rotatable bonds is 4. The first-order valence-corrected chi connectivity index (χ1v) is 9.20. The van der Waals surface area contributed by atoms with Gasteiger partial charge >= 0.3 is 0 Å². The molecule has 0 aromatic carbocycles. The van der Waals surface area contributed by atoms with Crippen molar-refractivity contribution in [3.05, 3.63) is 17.8 Å². The van der Waals surface area contributed by atoms with Crippen molar-refractivity contribution in [2.24, 2.45) is 16.8 Å². The molecule has 1 aliphatic carbocycles. The van der Waals surface area contributed by atoms with Gasteiger partial charge in [-0.2, -0.15) is 0 Å². The third-order valence-electron chi connectivity index (χ3n) is 5.35. The van der Waals surface area contributed by atoms with Crippen molar-refractivity contribution >= 4 is 30.1 Å². The summed E-state index contributed by atoms with van der Waals surface area (Å²) in [5.74, 6) is 1.28. The summed E-state index contributed by atoms with van der Waals surface area (Å²) in [5, 5.41) is 13.2. The quantitative estimate of drug-likeness (QED) is 0.825. The standard InChI is InChI=1S/C19H27BN3O2/c1-11(2)16-20-15-9-12(10-21-17(15)23-16)18(24)22-14-7-5-13(6-8-14)19(3,4)25/h9-11,13-14,25H,5-8H2,1-4H3,(H,22,24). The zero-order valence-electron chi connectivity index (χ0n) is 15.5. The maximum atomic E-state index is 12.6. The molecule has 25 heavy (non-hydrogen) atoms. The molecule has 2 aliphatic rings. The Morgan fingerprint density at radius 3 is 2.60 bits per heavy atom. The number of amides is 1. The van der Waals surface area contributed by atoms with E-state index in [1.807, 2.05) is 27.2 Å². The van der Waals surface area contributed by atoms with Crippen LogP contribution in [0.2, 0.25) is 0 Å². The summed E-state index contributed by atoms with van der Waals surface area (Å²) in [7, 11) is 2.01. The van der Waals surface area contributed by atoms with Gasteiger partial charge in [0, 0.05) is 12.2 Å². The fourth-order valence-corrected chi connectivity index (χ4v) is 3.62. The summed E-state index contributed by atoms with van der Waals surface area (Å²) < 4.78 is 0. The number of aliphatic hydroxyl groups is 1. The highest BCUT2D eigenvalue weighted by atomic mass is 16.3. The maximum Gasteiger partial charge on any atom is 0.253 e. The lowest BCUT2D eigenvalue weighted by atomic mass is 9.64. The lowest BCUT2D eigenvalue weighted by Gasteiger charge is -2.36. The molecule has 0 atom stereocenters. The lowest BCUT2D eigenvalue weighted by molar-refractivity contribution is -0.00257. The van der Waals surface area contributed by atoms with Crippen molar-refractivity contribution in [1.29, 1.82) is 0 Å². The molecule has 0 saturated heterocycles. The Kier molecular flexibility index (Phi) is 5.00. The Balaban J connectivity index is 1.59. The topological polar surface area (TPSA) is 74.6 Å². The lowest BCUT2D eigenvalue weighted by Crippen LogP contribution is -2.42. The van der Waals surface area contributed by atoms with Crippen LogP contribution < -0.4 is 10.8 Å². The Hall–Kier alpha value is -1.69. The number of carbonyl (C=O) groups excluding carboxylic acids is 1. The van der Waals surface area contributed by atoms with Crippen LogP contribution in [0.5, 0.6) is 0 Å². The van der Waals surface area contributed by atoms with Crippen molar-refractivity contribution in [3.8, 4) is 0 Å². The van der Waals surface area contributed by atoms with E-state index in [4.69, 9.17) is 0 Å². The maximum absolute atomic E-state index is 12.6. The van der Waals surface area contributed by atoms with Crippen molar-refractivity contribution in [2.75, 3.05) is 0 Å². The van der Waals surface area contributed by atoms with E-state index in [2.05, 4.69) is 29.1 Å². The first-order chi connectivity index (χ1) is 11.7. The van der Waals surface area contributed by atoms with Gasteiger partial charge in [-0.25, -0.2) is 9.98 Å². The number of pyridine rings is 1. The molecular formula is C19H27BN3O2. The molecule has 0 unspecified atom stereocenters. The van der Waals surface area contributed by atoms with Gasteiger partial charge < -0.3 is 10.4 Å². The third kappa shape index (κ3) is 4.11. The van der Waals surface area contributed by atoms with Crippen LogP contribution in [0.15, 0.2) is 17.3 Å². The van der Waals surface area contributed by atoms with Crippen LogP contribution >= 0.6 is 0 Å². The van der Waals surface area contributed by atoms with Crippen molar-refractivity contribution in [1.82, 2.24) is 10.3 Å². The zero-order chi connectivity index (χ0) is 18.2. The number of hydrogen-bond donors (Lipinski definition) is 2. The van der Waals surface area contributed by atoms with Crippen LogP contribution in [-0.2, 0) is 0 Å². The van der Waals surface area contributed by atoms with Crippen molar-refractivity contribution in [2.45, 2.75) is 65.0 Å². The minimum absolute atomic E-state index is 0.0756. The molecule has 1 aliphatic heterocycles. The highest BCUT2D eigenvalue weighted by Crippen LogP contribution is 2.32. The van der Waals surface area contributed by atoms with Crippen LogP contribution in [-0.4, -0.2) is 40.5 Å². The molecule has 1 fully saturated rings. The number of fused-ring (bicyclic) bond motifs is 1. The fraction of sp³-hybridized carbons (Fsp3) is 0.632. The number of aromatic nitrogens is 1. The van der Waals surface area contributed by atoms with Crippen LogP contribution in [0.1, 0.15) is 63.7 Å². The summed E-state index contributed by atoms with van der Waals surface area (Å²) in [6, 6.07) is 2.05. The fourth-order valence-electron chi connectivity index (χ4n) is 3.62. The number of nitrogens with one attached hydrogen (secondary N) is 1. The molecule has 133 valence electrons. The Bertz CT molecular complexity index is 686. The van der Waals surface area contributed by atoms with Crippen LogP contribution in [0.3, 0.4) is 0 Å². The van der Waals surface area contributed by atoms with Crippen LogP contribution in [0.25, 0.3) is 0 Å². The first kappa shape index (κ1) is 18.1. The molecule has 6 heteroatoms. The van der Waals surface area contributed by atoms with Crippen LogP contribution in [0, 0.1) is 11.8 Å². The highest BCUT2D eigenvalue weighted by Gasteiger charge is 2.32. The van der Waals surface area contributed by atoms with E-state index in [1.54, 1.807) is 6.20 Å². The van der Waals surface area contributed by atoms with E-state index < -0.39 is 5.60 Å². The Labute approximate surface area is 150 Å². The molecule has 5 nitrogen and oxygen atoms in total. The molecule has 3 rings (SSSR count). The van der Waals surface area contributed by atoms with Gasteiger partial charge in [0.25, 0.3) is 5.91 Å². The molecule has 0 spiro atoms. The molecule has 2 N–H and O–H groups in total. The van der Waals surface area contributed by atoms with Gasteiger partial charge in [-0.3, -0.25) is 4.79 Å². The first-order valence-electron chi connectivity index (χ1n) is 9.20. The molecular weight excluding hydrogens is 313 g/mol. The van der Waals surface area contributed by atoms with E-state index in [9.17, 15) is 9.90 Å². The molecule has 1 amide bonds. The normalized spacial score (nSPS) is 23.0. The van der Waals surface area contributed by atoms with Gasteiger partial charge in [0.15, 0.2) is 0 Å². The highest BCUT2D eigenvalue weighted by molar-refractivity contribution is 6.88. The number of aliphatic imine (C=N–C) groups is 1. The minimum atomic E-state index is -0.636. The number of carbonyl (C=O) groups is 1. The largest absolute Gasteiger partial charge is 0.390 e. The van der Waals surface area contributed by atoms with Crippen molar-refractivity contribution < 1.29 is 9.90 Å². The Morgan fingerprint density at radius 1 is 1.32 bits per heavy atom. The predicted octanol–water partition coefficient (Wildman–Crippen LogP) is 2.17. The second kappa shape index (κ2) is 6.91. The van der Waals surface area contributed by atoms with E-state index >= 15 is 0 Å². The van der Waals surface area contributed by atoms with E-state index in [0.29, 0.717) is 23.2 Å². The van der Waals surface area contributed by atoms with Gasteiger partial charge in [-0.1, -0.05) is 13.8 Å². The van der Waals surface area contributed by atoms with Gasteiger partial charge in [0.05, 0.1) is 11.2 Å². The van der Waals surface area contributed by atoms with E-state index in [1.165, 1.54) is 0 Å². The van der Waals surface area contributed by atoms with Crippen molar-refractivity contribution in [3.63, 3.8) is 0 Å². The average Bonchev–Trinajstić information content (AvgIpc) is 2.98. The summed E-state index contributed by atoms with van der Waals surface area (Å²) >= 11 is 0. The monoisotopic (exact) mass is 340 g/mol. The second-order valence-electron chi connectivity index (χ2n) is 8.15. The summed E-state index contributed by atoms with van der Waals surface area (Å²) in [5.41, 5.74) is 1.87. The second-order valence-corrected chi connectivity index (χ2v) is 8.15. The smallest absolute Gasteiger partial charge is 0.253 e. The predicted molar refractivity (Wildman–Crippen MR) is 101 cm³/mol. The molecule has 1 saturated carbocycles. The zero-order valence-corrected chi connectivity index (χ0v) is 15.5. The van der Waals surface area contributed by atoms with Gasteiger partial charge in [-0.05, 0) is 68.5 Å². The summed E-state index contributed by atoms with van der Waals surface area (Å²) in [6.07, 6.45) is 5.31. The van der Waals surface area contributed by atoms with Gasteiger partial charge in [-0.15, -0.1) is 0 Å². The third-order valence-corrected chi connectivity index (χ3v) is 5.35. The van der Waals surface area contributed by atoms with Crippen LogP contribution in [0.4, 0.5) is 5.82 Å². The summed E-state index contributed by atoms with van der Waals surface area (Å²) in [6.45, 7) is 7.94. The van der Waals surface area contributed by atoms with Gasteiger partial charge in [0.2, 0.25) is 7.28 Å². The summed E-state index contributed by atoms with van der Waals surface area (Å²) in [4.78, 5) is 21.4. The number of nitrogens with zero attached hydrogens (tertiary/aromatic N) is 2. The number of hydrogen-bond acceptors (Lipinski definition) is 4. The SMILES string of the molecule is CC(C)C1=Nc2ncc(C(=O)NC3CCC(C(C)(C)O)CC3)cc2[B]1. The minimum Gasteiger partial charge on any atom is -0.390 e. The molecule has 1 radical (unpaired) electrons. The van der Waals surface area contributed by atoms with Gasteiger partial charge in [0.1, 0.15) is 5.82 Å². The molecule has 1 aromatic rings. The molecule has 2 heterocycles. The van der Waals surface area contributed by atoms with E-state index in [-0.39, 0.29) is 11.9 Å². The van der Waals surface area contributed by atoms with E-state index in [0.717, 1.165) is 36.8 Å². The Morgan fingerprint density at radius 2 is 2.00 bits per heavy atom. The molecule has 1 aromatic heterocycles. The average molecular weight is 340 g/mol.